The summed E-state index contributed by atoms with van der Waals surface area (Å²) < 4.78 is 0. The normalized spacial score (nSPS) is 11.4. The highest BCUT2D eigenvalue weighted by Gasteiger charge is 2.22. The molecule has 0 aliphatic rings. The van der Waals surface area contributed by atoms with Gasteiger partial charge in [-0.2, -0.15) is 0 Å². The van der Waals surface area contributed by atoms with Crippen LogP contribution in [0.3, 0.4) is 0 Å². The summed E-state index contributed by atoms with van der Waals surface area (Å²) in [5.74, 6) is 0. The predicted molar refractivity (Wildman–Crippen MR) is 132 cm³/mol. The Labute approximate surface area is 185 Å². The molecule has 0 aromatic heterocycles. The molecule has 0 saturated heterocycles. The molecule has 4 aromatic rings. The van der Waals surface area contributed by atoms with Gasteiger partial charge < -0.3 is 11.5 Å². The van der Waals surface area contributed by atoms with Crippen LogP contribution in [-0.2, 0) is 18.3 Å². The largest absolute Gasteiger partial charge is 0.399 e. The molecule has 0 aliphatic heterocycles. The van der Waals surface area contributed by atoms with E-state index in [1.54, 1.807) is 0 Å². The SMILES string of the molecule is CC(C)(c1ccc(Cc2ccc(N)cc2)cc1)c1ccc(Cc2ccc(N)cc2)cc1. The second kappa shape index (κ2) is 8.69. The first-order valence-electron chi connectivity index (χ1n) is 10.8. The van der Waals surface area contributed by atoms with E-state index in [2.05, 4.69) is 86.6 Å². The molecule has 2 heteroatoms. The third-order valence-electron chi connectivity index (χ3n) is 6.13. The summed E-state index contributed by atoms with van der Waals surface area (Å²) in [6, 6.07) is 34.2. The topological polar surface area (TPSA) is 52.0 Å². The molecular formula is C29H30N2. The lowest BCUT2D eigenvalue weighted by atomic mass is 9.77. The highest BCUT2D eigenvalue weighted by atomic mass is 14.5. The maximum atomic E-state index is 5.79. The Kier molecular flexibility index (Phi) is 5.81. The van der Waals surface area contributed by atoms with Crippen molar-refractivity contribution in [3.8, 4) is 0 Å². The highest BCUT2D eigenvalue weighted by molar-refractivity contribution is 5.44. The van der Waals surface area contributed by atoms with E-state index in [-0.39, 0.29) is 5.41 Å². The van der Waals surface area contributed by atoms with Crippen LogP contribution in [-0.4, -0.2) is 0 Å². The average Bonchev–Trinajstić information content (AvgIpc) is 2.78. The first-order valence-corrected chi connectivity index (χ1v) is 10.8. The molecule has 0 spiro atoms. The van der Waals surface area contributed by atoms with Crippen molar-refractivity contribution < 1.29 is 0 Å². The van der Waals surface area contributed by atoms with E-state index in [0.717, 1.165) is 24.2 Å². The van der Waals surface area contributed by atoms with Gasteiger partial charge in [0.15, 0.2) is 0 Å². The van der Waals surface area contributed by atoms with E-state index in [0.29, 0.717) is 0 Å². The number of nitrogens with two attached hydrogens (primary N) is 2. The second-order valence-electron chi connectivity index (χ2n) is 8.86. The molecule has 0 saturated carbocycles. The predicted octanol–water partition coefficient (Wildman–Crippen LogP) is 6.36. The number of hydrogen-bond donors (Lipinski definition) is 2. The summed E-state index contributed by atoms with van der Waals surface area (Å²) in [7, 11) is 0. The van der Waals surface area contributed by atoms with Gasteiger partial charge in [0.05, 0.1) is 0 Å². The number of anilines is 2. The smallest absolute Gasteiger partial charge is 0.0314 e. The van der Waals surface area contributed by atoms with Gasteiger partial charge >= 0.3 is 0 Å². The highest BCUT2D eigenvalue weighted by Crippen LogP contribution is 2.32. The fraction of sp³-hybridized carbons (Fsp3) is 0.172. The molecule has 0 unspecified atom stereocenters. The zero-order valence-corrected chi connectivity index (χ0v) is 18.3. The molecule has 0 radical (unpaired) electrons. The molecular weight excluding hydrogens is 376 g/mol. The zero-order valence-electron chi connectivity index (χ0n) is 18.3. The summed E-state index contributed by atoms with van der Waals surface area (Å²) in [5, 5.41) is 0. The van der Waals surface area contributed by atoms with Crippen LogP contribution in [0.25, 0.3) is 0 Å². The Bertz CT molecular complexity index is 1030. The Balaban J connectivity index is 1.46. The van der Waals surface area contributed by atoms with Crippen molar-refractivity contribution in [2.24, 2.45) is 0 Å². The van der Waals surface area contributed by atoms with Crippen LogP contribution in [0.1, 0.15) is 47.2 Å². The third kappa shape index (κ3) is 4.97. The zero-order chi connectivity index (χ0) is 21.8. The summed E-state index contributed by atoms with van der Waals surface area (Å²) in [5.41, 5.74) is 20.9. The number of hydrogen-bond acceptors (Lipinski definition) is 2. The molecule has 0 atom stereocenters. The van der Waals surface area contributed by atoms with Crippen LogP contribution < -0.4 is 11.5 Å². The summed E-state index contributed by atoms with van der Waals surface area (Å²) in [6.45, 7) is 4.58. The molecule has 156 valence electrons. The van der Waals surface area contributed by atoms with Crippen molar-refractivity contribution in [1.29, 1.82) is 0 Å². The van der Waals surface area contributed by atoms with Gasteiger partial charge in [-0.3, -0.25) is 0 Å². The average molecular weight is 407 g/mol. The van der Waals surface area contributed by atoms with Crippen molar-refractivity contribution in [2.75, 3.05) is 11.5 Å². The first-order chi connectivity index (χ1) is 14.9. The van der Waals surface area contributed by atoms with E-state index in [1.807, 2.05) is 24.3 Å². The molecule has 2 nitrogen and oxygen atoms in total. The molecule has 4 rings (SSSR count). The molecule has 4 N–H and O–H groups in total. The molecule has 31 heavy (non-hydrogen) atoms. The molecule has 0 fully saturated rings. The van der Waals surface area contributed by atoms with Gasteiger partial charge in [0.25, 0.3) is 0 Å². The molecule has 4 aromatic carbocycles. The van der Waals surface area contributed by atoms with E-state index < -0.39 is 0 Å². The van der Waals surface area contributed by atoms with E-state index >= 15 is 0 Å². The standard InChI is InChI=1S/C29H30N2/c1-29(2,25-11-3-21(4-12-25)19-23-7-15-27(30)16-8-23)26-13-5-22(6-14-26)20-24-9-17-28(31)18-10-24/h3-18H,19-20,30-31H2,1-2H3. The van der Waals surface area contributed by atoms with Crippen molar-refractivity contribution in [3.05, 3.63) is 130 Å². The molecule has 0 aliphatic carbocycles. The lowest BCUT2D eigenvalue weighted by molar-refractivity contribution is 0.640. The van der Waals surface area contributed by atoms with E-state index in [9.17, 15) is 0 Å². The molecule has 0 heterocycles. The van der Waals surface area contributed by atoms with E-state index in [1.165, 1.54) is 33.4 Å². The second-order valence-corrected chi connectivity index (χ2v) is 8.86. The lowest BCUT2D eigenvalue weighted by Gasteiger charge is -2.26. The van der Waals surface area contributed by atoms with Crippen LogP contribution in [0.15, 0.2) is 97.1 Å². The van der Waals surface area contributed by atoms with Gasteiger partial charge in [0, 0.05) is 16.8 Å². The van der Waals surface area contributed by atoms with Gasteiger partial charge in [-0.25, -0.2) is 0 Å². The maximum absolute atomic E-state index is 5.79. The van der Waals surface area contributed by atoms with Crippen molar-refractivity contribution in [1.82, 2.24) is 0 Å². The van der Waals surface area contributed by atoms with Gasteiger partial charge in [-0.1, -0.05) is 86.6 Å². The summed E-state index contributed by atoms with van der Waals surface area (Å²) in [4.78, 5) is 0. The molecule has 0 bridgehead atoms. The van der Waals surface area contributed by atoms with Gasteiger partial charge in [-0.05, 0) is 70.5 Å². The van der Waals surface area contributed by atoms with E-state index in [4.69, 9.17) is 11.5 Å². The minimum absolute atomic E-state index is 0.0561. The van der Waals surface area contributed by atoms with Crippen LogP contribution in [0, 0.1) is 0 Å². The summed E-state index contributed by atoms with van der Waals surface area (Å²) in [6.07, 6.45) is 1.83. The Morgan fingerprint density at radius 3 is 1.00 bits per heavy atom. The Morgan fingerprint density at radius 1 is 0.452 bits per heavy atom. The van der Waals surface area contributed by atoms with Crippen molar-refractivity contribution >= 4 is 11.4 Å². The van der Waals surface area contributed by atoms with Gasteiger partial charge in [0.2, 0.25) is 0 Å². The monoisotopic (exact) mass is 406 g/mol. The third-order valence-corrected chi connectivity index (χ3v) is 6.13. The summed E-state index contributed by atoms with van der Waals surface area (Å²) >= 11 is 0. The minimum atomic E-state index is -0.0561. The van der Waals surface area contributed by atoms with Crippen LogP contribution >= 0.6 is 0 Å². The number of nitrogen functional groups attached to an aromatic ring is 2. The first kappa shape index (κ1) is 20.7. The van der Waals surface area contributed by atoms with Crippen LogP contribution in [0.4, 0.5) is 11.4 Å². The van der Waals surface area contributed by atoms with Crippen LogP contribution in [0.5, 0.6) is 0 Å². The number of rotatable bonds is 6. The van der Waals surface area contributed by atoms with Crippen molar-refractivity contribution in [3.63, 3.8) is 0 Å². The van der Waals surface area contributed by atoms with Gasteiger partial charge in [0.1, 0.15) is 0 Å². The van der Waals surface area contributed by atoms with Gasteiger partial charge in [-0.15, -0.1) is 0 Å². The van der Waals surface area contributed by atoms with Crippen LogP contribution in [0.2, 0.25) is 0 Å². The number of benzene rings is 4. The molecule has 0 amide bonds. The fourth-order valence-electron chi connectivity index (χ4n) is 3.99. The maximum Gasteiger partial charge on any atom is 0.0314 e. The minimum Gasteiger partial charge on any atom is -0.399 e. The quantitative estimate of drug-likeness (QED) is 0.366. The Hall–Kier alpha value is -3.52. The lowest BCUT2D eigenvalue weighted by Crippen LogP contribution is -2.18. The Morgan fingerprint density at radius 2 is 0.710 bits per heavy atom. The van der Waals surface area contributed by atoms with Crippen molar-refractivity contribution in [2.45, 2.75) is 32.1 Å². The fourth-order valence-corrected chi connectivity index (χ4v) is 3.99.